The Bertz CT molecular complexity index is 1080. The molecule has 1 N–H and O–H groups in total. The molecule has 32 heavy (non-hydrogen) atoms. The number of carbonyl (C=O) groups is 3. The molecule has 2 aliphatic rings. The van der Waals surface area contributed by atoms with Gasteiger partial charge in [0, 0.05) is 18.5 Å². The minimum Gasteiger partial charge on any atom is -0.332 e. The summed E-state index contributed by atoms with van der Waals surface area (Å²) in [6, 6.07) is 13.4. The minimum atomic E-state index is -0.999. The first-order valence-corrected chi connectivity index (χ1v) is 10.8. The summed E-state index contributed by atoms with van der Waals surface area (Å²) in [6.45, 7) is 5.45. The van der Waals surface area contributed by atoms with E-state index in [0.717, 1.165) is 10.5 Å². The van der Waals surface area contributed by atoms with Crippen molar-refractivity contribution in [3.63, 3.8) is 0 Å². The summed E-state index contributed by atoms with van der Waals surface area (Å²) < 4.78 is 13.6. The summed E-state index contributed by atoms with van der Waals surface area (Å²) in [5, 5.41) is 2.87. The van der Waals surface area contributed by atoms with E-state index in [9.17, 15) is 18.8 Å². The Balaban J connectivity index is 1.53. The van der Waals surface area contributed by atoms with Crippen molar-refractivity contribution in [3.05, 3.63) is 71.0 Å². The van der Waals surface area contributed by atoms with E-state index >= 15 is 0 Å². The van der Waals surface area contributed by atoms with E-state index in [1.165, 1.54) is 17.7 Å². The average Bonchev–Trinajstić information content (AvgIpc) is 2.95. The predicted octanol–water partition coefficient (Wildman–Crippen LogP) is 3.43. The van der Waals surface area contributed by atoms with E-state index in [1.54, 1.807) is 17.0 Å². The van der Waals surface area contributed by atoms with Gasteiger partial charge in [-0.05, 0) is 62.4 Å². The number of nitrogens with one attached hydrogen (secondary N) is 1. The highest BCUT2D eigenvalue weighted by atomic mass is 19.1. The number of fused-ring (bicyclic) bond motifs is 1. The van der Waals surface area contributed by atoms with Gasteiger partial charge in [0.25, 0.3) is 5.91 Å². The number of hydrogen-bond donors (Lipinski definition) is 1. The molecule has 0 saturated carbocycles. The van der Waals surface area contributed by atoms with Gasteiger partial charge in [0.2, 0.25) is 5.91 Å². The Morgan fingerprint density at radius 2 is 1.84 bits per heavy atom. The third kappa shape index (κ3) is 4.11. The summed E-state index contributed by atoms with van der Waals surface area (Å²) >= 11 is 0. The normalized spacial score (nSPS) is 20.3. The van der Waals surface area contributed by atoms with Crippen LogP contribution in [0, 0.1) is 5.82 Å². The molecule has 4 rings (SSSR count). The largest absolute Gasteiger partial charge is 0.332 e. The Kier molecular flexibility index (Phi) is 5.53. The van der Waals surface area contributed by atoms with Crippen LogP contribution in [0.2, 0.25) is 0 Å². The SMILES string of the molecule is CC(C)(C)N(Cc1cccc(F)c1)C(=O)CN1C(=O)NC2(CCc3ccccc3C2)C1=O. The van der Waals surface area contributed by atoms with Crippen LogP contribution >= 0.6 is 0 Å². The molecule has 1 fully saturated rings. The molecule has 7 heteroatoms. The number of hydrogen-bond acceptors (Lipinski definition) is 3. The molecule has 1 atom stereocenters. The summed E-state index contributed by atoms with van der Waals surface area (Å²) in [4.78, 5) is 41.9. The maximum atomic E-state index is 13.6. The Morgan fingerprint density at radius 3 is 2.53 bits per heavy atom. The van der Waals surface area contributed by atoms with Crippen LogP contribution in [-0.2, 0) is 29.0 Å². The third-order valence-electron chi connectivity index (χ3n) is 6.31. The summed E-state index contributed by atoms with van der Waals surface area (Å²) in [5.41, 5.74) is 1.29. The van der Waals surface area contributed by atoms with Gasteiger partial charge in [0.1, 0.15) is 17.9 Å². The van der Waals surface area contributed by atoms with Crippen molar-refractivity contribution in [1.82, 2.24) is 15.1 Å². The lowest BCUT2D eigenvalue weighted by molar-refractivity contribution is -0.142. The van der Waals surface area contributed by atoms with Gasteiger partial charge < -0.3 is 10.2 Å². The first-order valence-electron chi connectivity index (χ1n) is 10.8. The quantitative estimate of drug-likeness (QED) is 0.745. The van der Waals surface area contributed by atoms with Gasteiger partial charge in [-0.2, -0.15) is 0 Å². The molecule has 0 radical (unpaired) electrons. The molecule has 2 aromatic carbocycles. The molecule has 4 amide bonds. The molecule has 1 unspecified atom stereocenters. The fraction of sp³-hybridized carbons (Fsp3) is 0.400. The Labute approximate surface area is 187 Å². The molecule has 0 bridgehead atoms. The second-order valence-corrected chi connectivity index (χ2v) is 9.63. The highest BCUT2D eigenvalue weighted by Crippen LogP contribution is 2.33. The zero-order valence-corrected chi connectivity index (χ0v) is 18.7. The number of carbonyl (C=O) groups excluding carboxylic acids is 3. The zero-order valence-electron chi connectivity index (χ0n) is 18.7. The van der Waals surface area contributed by atoms with Gasteiger partial charge in [0.05, 0.1) is 0 Å². The molecular formula is C25H28FN3O3. The number of aryl methyl sites for hydroxylation is 1. The van der Waals surface area contributed by atoms with Gasteiger partial charge in [-0.1, -0.05) is 36.4 Å². The Morgan fingerprint density at radius 1 is 1.12 bits per heavy atom. The molecule has 2 aromatic rings. The van der Waals surface area contributed by atoms with E-state index in [-0.39, 0.29) is 30.7 Å². The maximum absolute atomic E-state index is 13.6. The van der Waals surface area contributed by atoms with Crippen LogP contribution in [-0.4, -0.2) is 45.3 Å². The lowest BCUT2D eigenvalue weighted by atomic mass is 9.78. The molecule has 6 nitrogen and oxygen atoms in total. The smallest absolute Gasteiger partial charge is 0.325 e. The van der Waals surface area contributed by atoms with Crippen LogP contribution in [0.1, 0.15) is 43.9 Å². The highest BCUT2D eigenvalue weighted by molar-refractivity contribution is 6.09. The van der Waals surface area contributed by atoms with Crippen LogP contribution < -0.4 is 5.32 Å². The number of amides is 4. The lowest BCUT2D eigenvalue weighted by Crippen LogP contribution is -2.52. The van der Waals surface area contributed by atoms with Crippen molar-refractivity contribution in [2.75, 3.05) is 6.54 Å². The zero-order chi connectivity index (χ0) is 23.1. The van der Waals surface area contributed by atoms with E-state index < -0.39 is 17.1 Å². The molecule has 1 aliphatic heterocycles. The molecule has 168 valence electrons. The van der Waals surface area contributed by atoms with Crippen LogP contribution in [0.25, 0.3) is 0 Å². The third-order valence-corrected chi connectivity index (χ3v) is 6.31. The van der Waals surface area contributed by atoms with Crippen molar-refractivity contribution < 1.29 is 18.8 Å². The molecule has 0 aromatic heterocycles. The van der Waals surface area contributed by atoms with Gasteiger partial charge in [-0.3, -0.25) is 14.5 Å². The number of urea groups is 1. The summed E-state index contributed by atoms with van der Waals surface area (Å²) in [6.07, 6.45) is 1.62. The second-order valence-electron chi connectivity index (χ2n) is 9.63. The van der Waals surface area contributed by atoms with Crippen molar-refractivity contribution >= 4 is 17.8 Å². The maximum Gasteiger partial charge on any atom is 0.325 e. The van der Waals surface area contributed by atoms with Crippen LogP contribution in [0.3, 0.4) is 0 Å². The summed E-state index contributed by atoms with van der Waals surface area (Å²) in [5.74, 6) is -1.10. The van der Waals surface area contributed by atoms with Gasteiger partial charge in [-0.25, -0.2) is 9.18 Å². The first-order chi connectivity index (χ1) is 15.1. The fourth-order valence-corrected chi connectivity index (χ4v) is 4.58. The topological polar surface area (TPSA) is 69.7 Å². The predicted molar refractivity (Wildman–Crippen MR) is 118 cm³/mol. The lowest BCUT2D eigenvalue weighted by Gasteiger charge is -2.37. The van der Waals surface area contributed by atoms with Crippen molar-refractivity contribution in [2.45, 2.75) is 57.7 Å². The molecule has 1 heterocycles. The van der Waals surface area contributed by atoms with Crippen LogP contribution in [0.4, 0.5) is 9.18 Å². The van der Waals surface area contributed by atoms with Crippen molar-refractivity contribution in [2.24, 2.45) is 0 Å². The van der Waals surface area contributed by atoms with E-state index in [1.807, 2.05) is 45.0 Å². The number of rotatable bonds is 4. The molecule has 1 aliphatic carbocycles. The summed E-state index contributed by atoms with van der Waals surface area (Å²) in [7, 11) is 0. The fourth-order valence-electron chi connectivity index (χ4n) is 4.58. The standard InChI is InChI=1S/C25H28FN3O3/c1-24(2,3)29(15-17-7-6-10-20(26)13-17)21(30)16-28-22(31)25(27-23(28)32)12-11-18-8-4-5-9-19(18)14-25/h4-10,13H,11-12,14-16H2,1-3H3,(H,27,32). The number of imide groups is 1. The molecule has 1 spiro atoms. The molecular weight excluding hydrogens is 409 g/mol. The minimum absolute atomic E-state index is 0.183. The number of benzene rings is 2. The number of nitrogens with zero attached hydrogens (tertiary/aromatic N) is 2. The first kappa shape index (κ1) is 22.0. The Hall–Kier alpha value is -3.22. The van der Waals surface area contributed by atoms with E-state index in [2.05, 4.69) is 5.32 Å². The van der Waals surface area contributed by atoms with E-state index in [0.29, 0.717) is 24.8 Å². The van der Waals surface area contributed by atoms with Gasteiger partial charge in [-0.15, -0.1) is 0 Å². The van der Waals surface area contributed by atoms with Gasteiger partial charge >= 0.3 is 6.03 Å². The van der Waals surface area contributed by atoms with Crippen molar-refractivity contribution in [3.8, 4) is 0 Å². The molecule has 1 saturated heterocycles. The monoisotopic (exact) mass is 437 g/mol. The van der Waals surface area contributed by atoms with Gasteiger partial charge in [0.15, 0.2) is 0 Å². The highest BCUT2D eigenvalue weighted by Gasteiger charge is 2.53. The number of halogens is 1. The van der Waals surface area contributed by atoms with Crippen LogP contribution in [0.15, 0.2) is 48.5 Å². The van der Waals surface area contributed by atoms with Crippen LogP contribution in [0.5, 0.6) is 0 Å². The second kappa shape index (κ2) is 8.04. The van der Waals surface area contributed by atoms with Crippen molar-refractivity contribution in [1.29, 1.82) is 0 Å². The average molecular weight is 438 g/mol. The van der Waals surface area contributed by atoms with E-state index in [4.69, 9.17) is 0 Å².